The van der Waals surface area contributed by atoms with Crippen LogP contribution in [-0.4, -0.2) is 42.2 Å². The van der Waals surface area contributed by atoms with Crippen molar-refractivity contribution in [2.75, 3.05) is 16.7 Å². The van der Waals surface area contributed by atoms with Crippen LogP contribution in [0.15, 0.2) is 47.8 Å². The Labute approximate surface area is 202 Å². The monoisotopic (exact) mass is 519 g/mol. The van der Waals surface area contributed by atoms with Crippen LogP contribution in [0.4, 0.5) is 29.1 Å². The summed E-state index contributed by atoms with van der Waals surface area (Å²) in [6.07, 6.45) is 4.36. The van der Waals surface area contributed by atoms with Gasteiger partial charge < -0.3 is 9.88 Å². The number of carbonyl (C=O) groups excluding carboxylic acids is 1. The third-order valence-electron chi connectivity index (χ3n) is 5.87. The first-order valence-corrected chi connectivity index (χ1v) is 12.1. The number of anilines is 2. The van der Waals surface area contributed by atoms with Crippen molar-refractivity contribution < 1.29 is 30.8 Å². The predicted molar refractivity (Wildman–Crippen MR) is 122 cm³/mol. The van der Waals surface area contributed by atoms with E-state index in [1.54, 1.807) is 11.8 Å². The number of ketones is 1. The smallest absolute Gasteiger partial charge is 0.267 e. The molecule has 0 unspecified atom stereocenters. The van der Waals surface area contributed by atoms with Gasteiger partial charge in [0, 0.05) is 19.3 Å². The van der Waals surface area contributed by atoms with Crippen LogP contribution in [0.5, 0.6) is 0 Å². The topological polar surface area (TPSA) is 108 Å². The number of sulfonamides is 1. The van der Waals surface area contributed by atoms with Gasteiger partial charge in [0.2, 0.25) is 5.78 Å². The standard InChI is InChI=1S/C23H17F4N5O3S/c1-32(11-5-6-11)23-17-12(9-28-22(17)29-10-30-23)20(33)18-13(24)7-8-16(19(18)27)31-36(34,35)21-14(25)3-2-4-15(21)26/h2-4,7-11,31H,5-6H2,1H3,(H,28,29,30). The van der Waals surface area contributed by atoms with Crippen LogP contribution in [0.1, 0.15) is 28.8 Å². The van der Waals surface area contributed by atoms with E-state index in [1.165, 1.54) is 12.5 Å². The molecule has 0 bridgehead atoms. The summed E-state index contributed by atoms with van der Waals surface area (Å²) in [7, 11) is -3.19. The molecule has 0 atom stereocenters. The number of hydrogen-bond acceptors (Lipinski definition) is 6. The number of fused-ring (bicyclic) bond motifs is 1. The van der Waals surface area contributed by atoms with E-state index in [1.807, 2.05) is 4.90 Å². The van der Waals surface area contributed by atoms with Gasteiger partial charge in [-0.2, -0.15) is 0 Å². The van der Waals surface area contributed by atoms with Gasteiger partial charge in [0.05, 0.1) is 22.2 Å². The lowest BCUT2D eigenvalue weighted by atomic mass is 10.0. The molecule has 0 aliphatic heterocycles. The minimum atomic E-state index is -4.97. The highest BCUT2D eigenvalue weighted by Crippen LogP contribution is 2.35. The summed E-state index contributed by atoms with van der Waals surface area (Å²) in [6.45, 7) is 0. The second-order valence-corrected chi connectivity index (χ2v) is 9.85. The van der Waals surface area contributed by atoms with Gasteiger partial charge >= 0.3 is 0 Å². The van der Waals surface area contributed by atoms with Crippen molar-refractivity contribution in [1.82, 2.24) is 15.0 Å². The minimum Gasteiger partial charge on any atom is -0.356 e. The molecule has 0 amide bonds. The van der Waals surface area contributed by atoms with Crippen LogP contribution >= 0.6 is 0 Å². The fraction of sp³-hybridized carbons (Fsp3) is 0.174. The molecule has 2 aromatic heterocycles. The molecule has 8 nitrogen and oxygen atoms in total. The van der Waals surface area contributed by atoms with E-state index in [2.05, 4.69) is 15.0 Å². The normalized spacial score (nSPS) is 13.7. The molecule has 1 aliphatic rings. The largest absolute Gasteiger partial charge is 0.356 e. The summed E-state index contributed by atoms with van der Waals surface area (Å²) < 4.78 is 85.1. The maximum Gasteiger partial charge on any atom is 0.267 e. The Bertz CT molecular complexity index is 1620. The number of H-pyrrole nitrogens is 1. The lowest BCUT2D eigenvalue weighted by Crippen LogP contribution is -2.21. The van der Waals surface area contributed by atoms with E-state index in [4.69, 9.17) is 0 Å². The zero-order chi connectivity index (χ0) is 25.8. The van der Waals surface area contributed by atoms with Gasteiger partial charge in [-0.15, -0.1) is 0 Å². The molecule has 0 spiro atoms. The van der Waals surface area contributed by atoms with Crippen LogP contribution in [0, 0.1) is 23.3 Å². The van der Waals surface area contributed by atoms with Gasteiger partial charge in [0.25, 0.3) is 10.0 Å². The number of aromatic amines is 1. The second-order valence-electron chi connectivity index (χ2n) is 8.23. The zero-order valence-corrected chi connectivity index (χ0v) is 19.3. The molecule has 1 saturated carbocycles. The van der Waals surface area contributed by atoms with E-state index < -0.39 is 55.2 Å². The molecule has 5 rings (SSSR count). The van der Waals surface area contributed by atoms with Gasteiger partial charge in [-0.25, -0.2) is 35.9 Å². The van der Waals surface area contributed by atoms with Crippen molar-refractivity contribution in [2.24, 2.45) is 0 Å². The SMILES string of the molecule is CN(c1ncnc2[nH]cc(C(=O)c3c(F)ccc(NS(=O)(=O)c4c(F)cccc4F)c3F)c12)C1CC1. The Morgan fingerprint density at radius 3 is 2.42 bits per heavy atom. The summed E-state index contributed by atoms with van der Waals surface area (Å²) in [5, 5.41) is 0.245. The van der Waals surface area contributed by atoms with Crippen molar-refractivity contribution in [3.63, 3.8) is 0 Å². The number of nitrogens with zero attached hydrogens (tertiary/aromatic N) is 3. The van der Waals surface area contributed by atoms with Crippen LogP contribution in [0.2, 0.25) is 0 Å². The van der Waals surface area contributed by atoms with Crippen LogP contribution in [-0.2, 0) is 10.0 Å². The van der Waals surface area contributed by atoms with E-state index >= 15 is 4.39 Å². The highest BCUT2D eigenvalue weighted by Gasteiger charge is 2.32. The van der Waals surface area contributed by atoms with Crippen molar-refractivity contribution in [2.45, 2.75) is 23.8 Å². The molecule has 0 saturated heterocycles. The van der Waals surface area contributed by atoms with Gasteiger partial charge in [0.1, 0.15) is 35.2 Å². The summed E-state index contributed by atoms with van der Waals surface area (Å²) >= 11 is 0. The average molecular weight is 519 g/mol. The molecule has 0 radical (unpaired) electrons. The van der Waals surface area contributed by atoms with E-state index in [0.29, 0.717) is 30.1 Å². The molecular weight excluding hydrogens is 502 g/mol. The first-order chi connectivity index (χ1) is 17.1. The van der Waals surface area contributed by atoms with Crippen LogP contribution < -0.4 is 9.62 Å². The average Bonchev–Trinajstić information content (AvgIpc) is 3.58. The molecule has 2 N–H and O–H groups in total. The second kappa shape index (κ2) is 8.59. The van der Waals surface area contributed by atoms with Crippen LogP contribution in [0.3, 0.4) is 0 Å². The summed E-state index contributed by atoms with van der Waals surface area (Å²) in [4.78, 5) is 24.9. The number of rotatable bonds is 7. The first-order valence-electron chi connectivity index (χ1n) is 10.6. The van der Waals surface area contributed by atoms with E-state index in [-0.39, 0.29) is 22.6 Å². The Morgan fingerprint density at radius 2 is 1.75 bits per heavy atom. The number of halogens is 4. The molecule has 1 aliphatic carbocycles. The highest BCUT2D eigenvalue weighted by atomic mass is 32.2. The number of nitrogens with one attached hydrogen (secondary N) is 2. The molecule has 1 fully saturated rings. The number of hydrogen-bond donors (Lipinski definition) is 2. The maximum atomic E-state index is 15.4. The third-order valence-corrected chi connectivity index (χ3v) is 7.29. The van der Waals surface area contributed by atoms with Crippen LogP contribution in [0.25, 0.3) is 11.0 Å². The Balaban J connectivity index is 1.58. The highest BCUT2D eigenvalue weighted by molar-refractivity contribution is 7.92. The number of aromatic nitrogens is 3. The minimum absolute atomic E-state index is 0.133. The molecule has 36 heavy (non-hydrogen) atoms. The van der Waals surface area contributed by atoms with E-state index in [9.17, 15) is 26.4 Å². The van der Waals surface area contributed by atoms with Gasteiger partial charge in [-0.05, 0) is 37.1 Å². The molecular formula is C23H17F4N5O3S. The quantitative estimate of drug-likeness (QED) is 0.281. The van der Waals surface area contributed by atoms with Crippen molar-refractivity contribution in [3.8, 4) is 0 Å². The Kier molecular flexibility index (Phi) is 5.66. The fourth-order valence-corrected chi connectivity index (χ4v) is 5.14. The molecule has 186 valence electrons. The maximum absolute atomic E-state index is 15.4. The first kappa shape index (κ1) is 23.7. The van der Waals surface area contributed by atoms with Crippen molar-refractivity contribution in [1.29, 1.82) is 0 Å². The van der Waals surface area contributed by atoms with E-state index in [0.717, 1.165) is 18.9 Å². The number of carbonyl (C=O) groups is 1. The molecule has 2 aromatic carbocycles. The predicted octanol–water partition coefficient (Wildman–Crippen LogP) is 4.14. The lowest BCUT2D eigenvalue weighted by Gasteiger charge is -2.18. The summed E-state index contributed by atoms with van der Waals surface area (Å²) in [5.41, 5.74) is -1.79. The van der Waals surface area contributed by atoms with Crippen molar-refractivity contribution >= 4 is 38.3 Å². The van der Waals surface area contributed by atoms with Gasteiger partial charge in [-0.3, -0.25) is 9.52 Å². The molecule has 4 aromatic rings. The molecule has 13 heteroatoms. The van der Waals surface area contributed by atoms with Crippen molar-refractivity contribution in [3.05, 3.63) is 77.3 Å². The number of benzene rings is 2. The lowest BCUT2D eigenvalue weighted by molar-refractivity contribution is 0.103. The van der Waals surface area contributed by atoms with Gasteiger partial charge in [0.15, 0.2) is 10.7 Å². The summed E-state index contributed by atoms with van der Waals surface area (Å²) in [6, 6.07) is 3.97. The Hall–Kier alpha value is -4.00. The Morgan fingerprint density at radius 1 is 1.06 bits per heavy atom. The molecule has 2 heterocycles. The third kappa shape index (κ3) is 3.94. The summed E-state index contributed by atoms with van der Waals surface area (Å²) in [5.74, 6) is -6.35. The fourth-order valence-electron chi connectivity index (χ4n) is 3.94. The zero-order valence-electron chi connectivity index (χ0n) is 18.5. The van der Waals surface area contributed by atoms with Gasteiger partial charge in [-0.1, -0.05) is 6.07 Å².